The van der Waals surface area contributed by atoms with Gasteiger partial charge in [0.25, 0.3) is 0 Å². The van der Waals surface area contributed by atoms with E-state index in [-0.39, 0.29) is 0 Å². The average molecular weight is 282 g/mol. The second-order valence-corrected chi connectivity index (χ2v) is 4.90. The molecule has 108 valence electrons. The fourth-order valence-electron chi connectivity index (χ4n) is 2.34. The first-order valence-electron chi connectivity index (χ1n) is 7.09. The molecule has 0 fully saturated rings. The quantitative estimate of drug-likeness (QED) is 0.782. The molecule has 3 aromatic rings. The van der Waals surface area contributed by atoms with Crippen LogP contribution in [0.15, 0.2) is 55.0 Å². The Bertz CT molecular complexity index is 702. The molecular formula is C16H18N4O. The van der Waals surface area contributed by atoms with Gasteiger partial charge in [-0.25, -0.2) is 9.67 Å². The summed E-state index contributed by atoms with van der Waals surface area (Å²) in [6.07, 6.45) is 5.63. The van der Waals surface area contributed by atoms with Crippen LogP contribution in [0.5, 0.6) is 0 Å². The predicted molar refractivity (Wildman–Crippen MR) is 80.1 cm³/mol. The highest BCUT2D eigenvalue weighted by Crippen LogP contribution is 2.20. The number of aliphatic hydroxyl groups excluding tert-OH is 1. The predicted octanol–water partition coefficient (Wildman–Crippen LogP) is 2.56. The second-order valence-electron chi connectivity index (χ2n) is 4.90. The van der Waals surface area contributed by atoms with Crippen LogP contribution in [0.3, 0.4) is 0 Å². The summed E-state index contributed by atoms with van der Waals surface area (Å²) < 4.78 is 3.72. The lowest BCUT2D eigenvalue weighted by molar-refractivity contribution is 0.199. The van der Waals surface area contributed by atoms with E-state index < -0.39 is 6.10 Å². The van der Waals surface area contributed by atoms with Crippen molar-refractivity contribution < 1.29 is 5.11 Å². The van der Waals surface area contributed by atoms with E-state index in [9.17, 15) is 5.11 Å². The number of imidazole rings is 1. The lowest BCUT2D eigenvalue weighted by Crippen LogP contribution is -2.10. The van der Waals surface area contributed by atoms with Crippen LogP contribution in [0, 0.1) is 0 Å². The molecule has 1 aromatic carbocycles. The fraction of sp³-hybridized carbons (Fsp3) is 0.250. The number of aliphatic hydroxyl groups is 1. The van der Waals surface area contributed by atoms with Crippen molar-refractivity contribution in [2.75, 3.05) is 0 Å². The van der Waals surface area contributed by atoms with Crippen LogP contribution in [-0.4, -0.2) is 24.4 Å². The van der Waals surface area contributed by atoms with Crippen LogP contribution in [-0.2, 0) is 6.54 Å². The smallest absolute Gasteiger partial charge is 0.155 e. The molecule has 1 atom stereocenters. The molecule has 0 saturated carbocycles. The Kier molecular flexibility index (Phi) is 3.83. The standard InChI is InChI=1S/C16H18N4O/c1-2-10-19-12-9-17-16(19)15(21)14-8-11-20(18-14)13-6-4-3-5-7-13/h3-9,11-12,15,21H,2,10H2,1H3. The molecule has 0 aliphatic carbocycles. The maximum atomic E-state index is 10.5. The lowest BCUT2D eigenvalue weighted by atomic mass is 10.2. The zero-order valence-corrected chi connectivity index (χ0v) is 11.9. The third-order valence-corrected chi connectivity index (χ3v) is 3.37. The van der Waals surface area contributed by atoms with Crippen LogP contribution in [0.4, 0.5) is 0 Å². The molecule has 0 bridgehead atoms. The molecule has 0 aliphatic heterocycles. The molecule has 5 nitrogen and oxygen atoms in total. The largest absolute Gasteiger partial charge is 0.379 e. The van der Waals surface area contributed by atoms with Crippen molar-refractivity contribution in [1.82, 2.24) is 19.3 Å². The Balaban J connectivity index is 1.87. The second kappa shape index (κ2) is 5.93. The molecule has 1 unspecified atom stereocenters. The summed E-state index contributed by atoms with van der Waals surface area (Å²) in [6.45, 7) is 2.94. The van der Waals surface area contributed by atoms with Gasteiger partial charge in [0.05, 0.1) is 11.4 Å². The zero-order chi connectivity index (χ0) is 14.7. The van der Waals surface area contributed by atoms with E-state index in [1.165, 1.54) is 0 Å². The van der Waals surface area contributed by atoms with Crippen molar-refractivity contribution in [3.8, 4) is 5.69 Å². The minimum Gasteiger partial charge on any atom is -0.379 e. The van der Waals surface area contributed by atoms with Gasteiger partial charge in [0.1, 0.15) is 5.82 Å². The first-order chi connectivity index (χ1) is 10.3. The fourth-order valence-corrected chi connectivity index (χ4v) is 2.34. The normalized spacial score (nSPS) is 12.5. The van der Waals surface area contributed by atoms with Crippen molar-refractivity contribution in [2.45, 2.75) is 26.0 Å². The number of hydrogen-bond acceptors (Lipinski definition) is 3. The van der Waals surface area contributed by atoms with E-state index in [2.05, 4.69) is 17.0 Å². The maximum absolute atomic E-state index is 10.5. The van der Waals surface area contributed by atoms with Crippen molar-refractivity contribution in [3.63, 3.8) is 0 Å². The lowest BCUT2D eigenvalue weighted by Gasteiger charge is -2.10. The van der Waals surface area contributed by atoms with Crippen molar-refractivity contribution >= 4 is 0 Å². The highest BCUT2D eigenvalue weighted by Gasteiger charge is 2.18. The number of benzene rings is 1. The van der Waals surface area contributed by atoms with Gasteiger partial charge in [-0.15, -0.1) is 0 Å². The minimum atomic E-state index is -0.809. The van der Waals surface area contributed by atoms with Gasteiger partial charge in [-0.3, -0.25) is 0 Å². The molecule has 2 heterocycles. The Morgan fingerprint density at radius 2 is 1.95 bits per heavy atom. The molecule has 21 heavy (non-hydrogen) atoms. The number of para-hydroxylation sites is 1. The van der Waals surface area contributed by atoms with Crippen LogP contribution in [0.25, 0.3) is 5.69 Å². The number of aryl methyl sites for hydroxylation is 1. The Morgan fingerprint density at radius 3 is 2.71 bits per heavy atom. The molecule has 2 aromatic heterocycles. The van der Waals surface area contributed by atoms with Crippen molar-refractivity contribution in [3.05, 3.63) is 66.5 Å². The van der Waals surface area contributed by atoms with Crippen LogP contribution in [0.1, 0.15) is 31.0 Å². The van der Waals surface area contributed by atoms with Crippen molar-refractivity contribution in [2.24, 2.45) is 0 Å². The first-order valence-corrected chi connectivity index (χ1v) is 7.09. The van der Waals surface area contributed by atoms with Crippen LogP contribution >= 0.6 is 0 Å². The summed E-state index contributed by atoms with van der Waals surface area (Å²) >= 11 is 0. The molecule has 5 heteroatoms. The number of nitrogens with zero attached hydrogens (tertiary/aromatic N) is 4. The average Bonchev–Trinajstić information content (AvgIpc) is 3.17. The molecule has 0 amide bonds. The van der Waals surface area contributed by atoms with E-state index in [1.54, 1.807) is 10.9 Å². The Hall–Kier alpha value is -2.40. The van der Waals surface area contributed by atoms with Crippen LogP contribution in [0.2, 0.25) is 0 Å². The topological polar surface area (TPSA) is 55.9 Å². The highest BCUT2D eigenvalue weighted by atomic mass is 16.3. The summed E-state index contributed by atoms with van der Waals surface area (Å²) in [5, 5.41) is 14.9. The van der Waals surface area contributed by atoms with E-state index in [0.717, 1.165) is 18.7 Å². The monoisotopic (exact) mass is 282 g/mol. The van der Waals surface area contributed by atoms with Crippen molar-refractivity contribution in [1.29, 1.82) is 0 Å². The summed E-state index contributed by atoms with van der Waals surface area (Å²) in [7, 11) is 0. The van der Waals surface area contributed by atoms with Gasteiger partial charge in [-0.2, -0.15) is 5.10 Å². The third-order valence-electron chi connectivity index (χ3n) is 3.37. The summed E-state index contributed by atoms with van der Waals surface area (Å²) in [4.78, 5) is 4.26. The van der Waals surface area contributed by atoms with E-state index in [1.807, 2.05) is 53.4 Å². The SMILES string of the molecule is CCCn1ccnc1C(O)c1ccn(-c2ccccc2)n1. The van der Waals surface area contributed by atoms with E-state index >= 15 is 0 Å². The summed E-state index contributed by atoms with van der Waals surface area (Å²) in [5.41, 5.74) is 1.57. The molecular weight excluding hydrogens is 264 g/mol. The Morgan fingerprint density at radius 1 is 1.14 bits per heavy atom. The number of rotatable bonds is 5. The highest BCUT2D eigenvalue weighted by molar-refractivity contribution is 5.31. The molecule has 0 aliphatic rings. The first kappa shape index (κ1) is 13.6. The van der Waals surface area contributed by atoms with Gasteiger partial charge in [0.15, 0.2) is 6.10 Å². The number of aromatic nitrogens is 4. The zero-order valence-electron chi connectivity index (χ0n) is 11.9. The van der Waals surface area contributed by atoms with E-state index in [4.69, 9.17) is 0 Å². The molecule has 0 spiro atoms. The van der Waals surface area contributed by atoms with Gasteiger partial charge < -0.3 is 9.67 Å². The van der Waals surface area contributed by atoms with Gasteiger partial charge in [-0.05, 0) is 24.6 Å². The van der Waals surface area contributed by atoms with Gasteiger partial charge in [0, 0.05) is 25.1 Å². The maximum Gasteiger partial charge on any atom is 0.155 e. The molecule has 0 radical (unpaired) electrons. The number of hydrogen-bond donors (Lipinski definition) is 1. The Labute approximate surface area is 123 Å². The summed E-state index contributed by atoms with van der Waals surface area (Å²) in [5.74, 6) is 0.634. The summed E-state index contributed by atoms with van der Waals surface area (Å²) in [6, 6.07) is 11.7. The van der Waals surface area contributed by atoms with Gasteiger partial charge in [0.2, 0.25) is 0 Å². The molecule has 0 saturated heterocycles. The van der Waals surface area contributed by atoms with E-state index in [0.29, 0.717) is 11.5 Å². The minimum absolute atomic E-state index is 0.599. The molecule has 1 N–H and O–H groups in total. The molecule has 3 rings (SSSR count). The van der Waals surface area contributed by atoms with Gasteiger partial charge >= 0.3 is 0 Å². The third kappa shape index (κ3) is 2.73. The van der Waals surface area contributed by atoms with Crippen LogP contribution < -0.4 is 0 Å². The van der Waals surface area contributed by atoms with Gasteiger partial charge in [-0.1, -0.05) is 25.1 Å².